The average Bonchev–Trinajstić information content (AvgIpc) is 2.90. The first kappa shape index (κ1) is 27.1. The van der Waals surface area contributed by atoms with E-state index in [1.807, 2.05) is 31.1 Å². The number of carbonyl (C=O) groups is 2. The van der Waals surface area contributed by atoms with Crippen LogP contribution in [0, 0.1) is 5.82 Å². The number of hydrogen-bond acceptors (Lipinski definition) is 8. The smallest absolute Gasteiger partial charge is 0.346 e. The van der Waals surface area contributed by atoms with Crippen molar-refractivity contribution >= 4 is 29.0 Å². The minimum absolute atomic E-state index is 0.216. The number of carbonyl (C=O) groups excluding carboxylic acids is 2. The van der Waals surface area contributed by atoms with Crippen molar-refractivity contribution in [3.05, 3.63) is 90.8 Å². The minimum atomic E-state index is -0.831. The van der Waals surface area contributed by atoms with Crippen LogP contribution in [-0.4, -0.2) is 39.2 Å². The van der Waals surface area contributed by atoms with Gasteiger partial charge in [-0.2, -0.15) is 10.2 Å². The third kappa shape index (κ3) is 8.57. The molecule has 37 heavy (non-hydrogen) atoms. The highest BCUT2D eigenvalue weighted by Gasteiger charge is 2.15. The molecule has 0 aliphatic carbocycles. The van der Waals surface area contributed by atoms with Gasteiger partial charge in [0.15, 0.2) is 0 Å². The van der Waals surface area contributed by atoms with E-state index >= 15 is 0 Å². The second-order valence-electron chi connectivity index (χ2n) is 8.06. The SMILES string of the molecule is C=CC(=O)OCCCCOc1ccc(OC(=O)c2ccc(N=Nc3ccc(N(C)C)cc3)cc2F)cc1. The summed E-state index contributed by atoms with van der Waals surface area (Å²) in [4.78, 5) is 25.4. The van der Waals surface area contributed by atoms with Crippen LogP contribution < -0.4 is 14.4 Å². The molecule has 3 rings (SSSR count). The highest BCUT2D eigenvalue weighted by Crippen LogP contribution is 2.24. The average molecular weight is 506 g/mol. The molecule has 0 saturated carbocycles. The van der Waals surface area contributed by atoms with Crippen LogP contribution in [0.4, 0.5) is 21.5 Å². The van der Waals surface area contributed by atoms with Crippen molar-refractivity contribution in [3.8, 4) is 11.5 Å². The third-order valence-corrected chi connectivity index (χ3v) is 5.07. The van der Waals surface area contributed by atoms with Gasteiger partial charge in [0.25, 0.3) is 0 Å². The van der Waals surface area contributed by atoms with Crippen LogP contribution in [0.3, 0.4) is 0 Å². The predicted molar refractivity (Wildman–Crippen MR) is 139 cm³/mol. The summed E-state index contributed by atoms with van der Waals surface area (Å²) >= 11 is 0. The van der Waals surface area contributed by atoms with E-state index in [2.05, 4.69) is 16.8 Å². The van der Waals surface area contributed by atoms with Crippen LogP contribution in [0.1, 0.15) is 23.2 Å². The first-order valence-corrected chi connectivity index (χ1v) is 11.6. The predicted octanol–water partition coefficient (Wildman–Crippen LogP) is 6.41. The number of rotatable bonds is 12. The summed E-state index contributed by atoms with van der Waals surface area (Å²) in [6.07, 6.45) is 2.47. The summed E-state index contributed by atoms with van der Waals surface area (Å²) in [5.41, 5.74) is 1.70. The fraction of sp³-hybridized carbons (Fsp3) is 0.214. The van der Waals surface area contributed by atoms with Crippen LogP contribution in [0.5, 0.6) is 11.5 Å². The summed E-state index contributed by atoms with van der Waals surface area (Å²) in [6.45, 7) is 4.06. The molecule has 192 valence electrons. The third-order valence-electron chi connectivity index (χ3n) is 5.07. The van der Waals surface area contributed by atoms with E-state index < -0.39 is 17.8 Å². The molecule has 0 saturated heterocycles. The lowest BCUT2D eigenvalue weighted by atomic mass is 10.2. The molecular formula is C28H28FN3O5. The largest absolute Gasteiger partial charge is 0.494 e. The van der Waals surface area contributed by atoms with E-state index in [4.69, 9.17) is 14.2 Å². The van der Waals surface area contributed by atoms with E-state index in [-0.39, 0.29) is 17.0 Å². The van der Waals surface area contributed by atoms with Gasteiger partial charge >= 0.3 is 11.9 Å². The molecule has 0 atom stereocenters. The highest BCUT2D eigenvalue weighted by molar-refractivity contribution is 5.91. The van der Waals surface area contributed by atoms with Crippen molar-refractivity contribution in [1.82, 2.24) is 0 Å². The summed E-state index contributed by atoms with van der Waals surface area (Å²) in [6, 6.07) is 17.8. The van der Waals surface area contributed by atoms with Crippen molar-refractivity contribution in [2.24, 2.45) is 10.2 Å². The molecule has 0 N–H and O–H groups in total. The van der Waals surface area contributed by atoms with Crippen LogP contribution in [0.15, 0.2) is 89.6 Å². The van der Waals surface area contributed by atoms with Crippen molar-refractivity contribution in [1.29, 1.82) is 0 Å². The van der Waals surface area contributed by atoms with Gasteiger partial charge in [-0.1, -0.05) is 6.58 Å². The quantitative estimate of drug-likeness (QED) is 0.0928. The van der Waals surface area contributed by atoms with E-state index in [0.717, 1.165) is 17.8 Å². The fourth-order valence-electron chi connectivity index (χ4n) is 3.06. The van der Waals surface area contributed by atoms with Gasteiger partial charge in [-0.05, 0) is 73.5 Å². The van der Waals surface area contributed by atoms with Gasteiger partial charge in [0, 0.05) is 31.9 Å². The maximum atomic E-state index is 14.6. The number of halogens is 1. The summed E-state index contributed by atoms with van der Waals surface area (Å²) in [5, 5.41) is 8.14. The van der Waals surface area contributed by atoms with Crippen molar-refractivity contribution in [2.45, 2.75) is 12.8 Å². The summed E-state index contributed by atoms with van der Waals surface area (Å²) in [5.74, 6) is -1.21. The van der Waals surface area contributed by atoms with Gasteiger partial charge in [-0.15, -0.1) is 0 Å². The second-order valence-corrected chi connectivity index (χ2v) is 8.06. The summed E-state index contributed by atoms with van der Waals surface area (Å²) in [7, 11) is 3.88. The molecule has 0 spiro atoms. The molecule has 0 radical (unpaired) electrons. The lowest BCUT2D eigenvalue weighted by molar-refractivity contribution is -0.137. The van der Waals surface area contributed by atoms with Crippen LogP contribution in [0.25, 0.3) is 0 Å². The number of esters is 2. The fourth-order valence-corrected chi connectivity index (χ4v) is 3.06. The molecule has 0 fully saturated rings. The Morgan fingerprint density at radius 2 is 1.51 bits per heavy atom. The highest BCUT2D eigenvalue weighted by atomic mass is 19.1. The first-order valence-electron chi connectivity index (χ1n) is 11.6. The molecule has 9 heteroatoms. The van der Waals surface area contributed by atoms with Gasteiger partial charge < -0.3 is 19.1 Å². The molecule has 3 aromatic carbocycles. The number of hydrogen-bond donors (Lipinski definition) is 0. The van der Waals surface area contributed by atoms with E-state index in [0.29, 0.717) is 37.5 Å². The van der Waals surface area contributed by atoms with Gasteiger partial charge in [0.2, 0.25) is 0 Å². The van der Waals surface area contributed by atoms with Crippen molar-refractivity contribution in [2.75, 3.05) is 32.2 Å². The lowest BCUT2D eigenvalue weighted by Crippen LogP contribution is -2.10. The Bertz CT molecular complexity index is 1240. The number of ether oxygens (including phenoxy) is 3. The molecule has 8 nitrogen and oxygen atoms in total. The van der Waals surface area contributed by atoms with Gasteiger partial charge in [-0.3, -0.25) is 0 Å². The number of anilines is 1. The van der Waals surface area contributed by atoms with Crippen molar-refractivity contribution < 1.29 is 28.2 Å². The molecule has 0 aromatic heterocycles. The molecular weight excluding hydrogens is 477 g/mol. The molecule has 3 aromatic rings. The molecule has 0 heterocycles. The topological polar surface area (TPSA) is 89.8 Å². The zero-order valence-electron chi connectivity index (χ0n) is 20.7. The zero-order chi connectivity index (χ0) is 26.6. The number of benzene rings is 3. The lowest BCUT2D eigenvalue weighted by Gasteiger charge is -2.11. The second kappa shape index (κ2) is 13.5. The van der Waals surface area contributed by atoms with E-state index in [1.165, 1.54) is 12.1 Å². The number of azo groups is 1. The van der Waals surface area contributed by atoms with Gasteiger partial charge in [-0.25, -0.2) is 14.0 Å². The van der Waals surface area contributed by atoms with Crippen LogP contribution in [-0.2, 0) is 9.53 Å². The molecule has 0 aliphatic rings. The Labute approximate surface area is 215 Å². The molecule has 0 unspecified atom stereocenters. The van der Waals surface area contributed by atoms with Gasteiger partial charge in [0.1, 0.15) is 17.3 Å². The van der Waals surface area contributed by atoms with E-state index in [1.54, 1.807) is 36.4 Å². The molecule has 0 amide bonds. The Morgan fingerprint density at radius 1 is 0.892 bits per heavy atom. The molecule has 0 bridgehead atoms. The number of nitrogens with zero attached hydrogens (tertiary/aromatic N) is 3. The Kier molecular flexibility index (Phi) is 9.90. The Balaban J connectivity index is 1.49. The normalized spacial score (nSPS) is 10.7. The zero-order valence-corrected chi connectivity index (χ0v) is 20.7. The standard InChI is InChI=1S/C28H28FN3O5/c1-4-27(33)36-18-6-5-17-35-23-12-14-24(15-13-23)37-28(34)25-16-9-21(19-26(25)29)31-30-20-7-10-22(11-8-20)32(2)3/h4,7-16,19H,1,5-6,17-18H2,2-3H3. The Hall–Kier alpha value is -4.53. The van der Waals surface area contributed by atoms with Gasteiger partial charge in [0.05, 0.1) is 30.2 Å². The minimum Gasteiger partial charge on any atom is -0.494 e. The summed E-state index contributed by atoms with van der Waals surface area (Å²) < 4.78 is 30.3. The van der Waals surface area contributed by atoms with E-state index in [9.17, 15) is 14.0 Å². The van der Waals surface area contributed by atoms with Crippen LogP contribution in [0.2, 0.25) is 0 Å². The Morgan fingerprint density at radius 3 is 2.16 bits per heavy atom. The maximum absolute atomic E-state index is 14.6. The maximum Gasteiger partial charge on any atom is 0.346 e. The molecule has 0 aliphatic heterocycles. The van der Waals surface area contributed by atoms with Crippen molar-refractivity contribution in [3.63, 3.8) is 0 Å². The van der Waals surface area contributed by atoms with Crippen LogP contribution >= 0.6 is 0 Å². The first-order chi connectivity index (χ1) is 17.9. The number of unbranched alkanes of at least 4 members (excludes halogenated alkanes) is 1. The monoisotopic (exact) mass is 505 g/mol.